The van der Waals surface area contributed by atoms with E-state index in [4.69, 9.17) is 9.47 Å². The molecule has 0 unspecified atom stereocenters. The van der Waals surface area contributed by atoms with Gasteiger partial charge in [0.05, 0.1) is 18.6 Å². The number of anilines is 1. The van der Waals surface area contributed by atoms with E-state index < -0.39 is 11.4 Å². The zero-order chi connectivity index (χ0) is 23.0. The average Bonchev–Trinajstić information content (AvgIpc) is 2.81. The second-order valence-corrected chi connectivity index (χ2v) is 8.60. The first-order valence-corrected chi connectivity index (χ1v) is 11.8. The maximum absolute atomic E-state index is 13.6. The summed E-state index contributed by atoms with van der Waals surface area (Å²) in [6.45, 7) is 6.73. The first kappa shape index (κ1) is 23.8. The first-order chi connectivity index (χ1) is 15.5. The molecule has 0 aromatic heterocycles. The van der Waals surface area contributed by atoms with Crippen molar-refractivity contribution in [1.29, 1.82) is 0 Å². The van der Waals surface area contributed by atoms with Gasteiger partial charge in [-0.1, -0.05) is 62.4 Å². The van der Waals surface area contributed by atoms with Gasteiger partial charge in [-0.25, -0.2) is 4.79 Å². The van der Waals surface area contributed by atoms with Gasteiger partial charge in [-0.3, -0.25) is 4.79 Å². The van der Waals surface area contributed by atoms with Crippen molar-refractivity contribution in [3.05, 3.63) is 59.2 Å². The van der Waals surface area contributed by atoms with Crippen LogP contribution >= 0.6 is 0 Å². The maximum atomic E-state index is 13.6. The Balaban J connectivity index is 1.88. The third-order valence-electron chi connectivity index (χ3n) is 6.23. The summed E-state index contributed by atoms with van der Waals surface area (Å²) in [6.07, 6.45) is 6.76. The molecule has 1 saturated carbocycles. The van der Waals surface area contributed by atoms with Crippen LogP contribution < -0.4 is 10.1 Å². The van der Waals surface area contributed by atoms with Crippen LogP contribution in [0.4, 0.5) is 5.69 Å². The molecule has 3 rings (SSSR count). The molecule has 1 amide bonds. The summed E-state index contributed by atoms with van der Waals surface area (Å²) >= 11 is 0. The lowest BCUT2D eigenvalue weighted by atomic mass is 9.68. The van der Waals surface area contributed by atoms with Gasteiger partial charge in [0.25, 0.3) is 0 Å². The van der Waals surface area contributed by atoms with Crippen LogP contribution in [0.5, 0.6) is 5.75 Å². The van der Waals surface area contributed by atoms with E-state index in [2.05, 4.69) is 43.4 Å². The van der Waals surface area contributed by atoms with Crippen molar-refractivity contribution >= 4 is 17.6 Å². The molecule has 0 saturated heterocycles. The number of nitrogens with one attached hydrogen (secondary N) is 1. The Kier molecular flexibility index (Phi) is 8.32. The lowest BCUT2D eigenvalue weighted by molar-refractivity contribution is -0.122. The third kappa shape index (κ3) is 5.50. The Labute approximate surface area is 191 Å². The molecule has 0 atom stereocenters. The number of carbonyl (C=O) groups is 2. The molecule has 0 spiro atoms. The number of esters is 1. The largest absolute Gasteiger partial charge is 0.493 e. The zero-order valence-electron chi connectivity index (χ0n) is 19.5. The summed E-state index contributed by atoms with van der Waals surface area (Å²) in [6, 6.07) is 13.5. The average molecular weight is 438 g/mol. The van der Waals surface area contributed by atoms with Gasteiger partial charge in [0, 0.05) is 5.69 Å². The molecule has 32 heavy (non-hydrogen) atoms. The number of amides is 1. The fourth-order valence-corrected chi connectivity index (χ4v) is 4.35. The highest BCUT2D eigenvalue weighted by Crippen LogP contribution is 2.41. The number of aryl methyl sites for hydroxylation is 1. The molecular weight excluding hydrogens is 402 g/mol. The summed E-state index contributed by atoms with van der Waals surface area (Å²) in [5.41, 5.74) is 2.61. The Morgan fingerprint density at radius 2 is 1.72 bits per heavy atom. The van der Waals surface area contributed by atoms with E-state index >= 15 is 0 Å². The van der Waals surface area contributed by atoms with Crippen molar-refractivity contribution in [2.45, 2.75) is 71.1 Å². The molecule has 1 aliphatic carbocycles. The summed E-state index contributed by atoms with van der Waals surface area (Å²) in [4.78, 5) is 26.2. The van der Waals surface area contributed by atoms with Crippen molar-refractivity contribution in [3.8, 4) is 5.75 Å². The van der Waals surface area contributed by atoms with Crippen LogP contribution in [-0.4, -0.2) is 25.1 Å². The topological polar surface area (TPSA) is 64.6 Å². The number of hydrogen-bond donors (Lipinski definition) is 1. The second-order valence-electron chi connectivity index (χ2n) is 8.60. The maximum Gasteiger partial charge on any atom is 0.341 e. The van der Waals surface area contributed by atoms with Gasteiger partial charge < -0.3 is 14.8 Å². The van der Waals surface area contributed by atoms with Gasteiger partial charge in [0.15, 0.2) is 0 Å². The van der Waals surface area contributed by atoms with Crippen molar-refractivity contribution in [2.24, 2.45) is 0 Å². The molecule has 0 radical (unpaired) electrons. The molecule has 2 aromatic rings. The quantitative estimate of drug-likeness (QED) is 0.375. The molecule has 0 aliphatic heterocycles. The van der Waals surface area contributed by atoms with Crippen LogP contribution in [-0.2, 0) is 14.9 Å². The van der Waals surface area contributed by atoms with Crippen molar-refractivity contribution in [1.82, 2.24) is 0 Å². The number of hydrogen-bond acceptors (Lipinski definition) is 4. The summed E-state index contributed by atoms with van der Waals surface area (Å²) < 4.78 is 11.0. The Bertz CT molecular complexity index is 914. The molecule has 1 fully saturated rings. The van der Waals surface area contributed by atoms with E-state index in [0.29, 0.717) is 23.6 Å². The highest BCUT2D eigenvalue weighted by Gasteiger charge is 2.41. The summed E-state index contributed by atoms with van der Waals surface area (Å²) in [5.74, 6) is 0.0253. The number of ether oxygens (including phenoxy) is 2. The van der Waals surface area contributed by atoms with E-state index in [1.54, 1.807) is 25.1 Å². The Morgan fingerprint density at radius 1 is 1.00 bits per heavy atom. The van der Waals surface area contributed by atoms with Crippen LogP contribution in [0.25, 0.3) is 0 Å². The lowest BCUT2D eigenvalue weighted by Crippen LogP contribution is -2.42. The standard InChI is InChI=1S/C27H35NO4/c1-4-6-18-32-24-15-14-22(19-23(24)25(29)31-5-2)28-26(30)27(16-8-7-9-17-27)21-12-10-20(3)11-13-21/h10-15,19H,4-9,16-18H2,1-3H3,(H,28,30). The fourth-order valence-electron chi connectivity index (χ4n) is 4.35. The van der Waals surface area contributed by atoms with Gasteiger partial charge in [0.2, 0.25) is 5.91 Å². The van der Waals surface area contributed by atoms with Crippen molar-refractivity contribution in [3.63, 3.8) is 0 Å². The van der Waals surface area contributed by atoms with E-state index in [0.717, 1.165) is 50.5 Å². The molecule has 1 aliphatic rings. The second kappa shape index (κ2) is 11.2. The van der Waals surface area contributed by atoms with Gasteiger partial charge in [-0.2, -0.15) is 0 Å². The Morgan fingerprint density at radius 3 is 2.38 bits per heavy atom. The summed E-state index contributed by atoms with van der Waals surface area (Å²) in [7, 11) is 0. The number of rotatable bonds is 9. The predicted octanol–water partition coefficient (Wildman–Crippen LogP) is 6.19. The van der Waals surface area contributed by atoms with E-state index in [9.17, 15) is 9.59 Å². The van der Waals surface area contributed by atoms with E-state index in [1.807, 2.05) is 0 Å². The van der Waals surface area contributed by atoms with Crippen LogP contribution in [0.15, 0.2) is 42.5 Å². The van der Waals surface area contributed by atoms with Gasteiger partial charge in [0.1, 0.15) is 11.3 Å². The van der Waals surface area contributed by atoms with E-state index in [-0.39, 0.29) is 12.5 Å². The molecule has 172 valence electrons. The Hall–Kier alpha value is -2.82. The van der Waals surface area contributed by atoms with Crippen molar-refractivity contribution < 1.29 is 19.1 Å². The van der Waals surface area contributed by atoms with Crippen LogP contribution in [0.3, 0.4) is 0 Å². The molecule has 0 bridgehead atoms. The minimum absolute atomic E-state index is 0.0180. The van der Waals surface area contributed by atoms with E-state index in [1.165, 1.54) is 5.56 Å². The van der Waals surface area contributed by atoms with Crippen LogP contribution in [0.2, 0.25) is 0 Å². The van der Waals surface area contributed by atoms with Gasteiger partial charge >= 0.3 is 5.97 Å². The molecular formula is C27H35NO4. The van der Waals surface area contributed by atoms with Crippen LogP contribution in [0.1, 0.15) is 80.3 Å². The molecule has 5 nitrogen and oxygen atoms in total. The SMILES string of the molecule is CCCCOc1ccc(NC(=O)C2(c3ccc(C)cc3)CCCCC2)cc1C(=O)OCC. The lowest BCUT2D eigenvalue weighted by Gasteiger charge is -2.36. The third-order valence-corrected chi connectivity index (χ3v) is 6.23. The fraction of sp³-hybridized carbons (Fsp3) is 0.481. The normalized spacial score (nSPS) is 15.1. The predicted molar refractivity (Wildman–Crippen MR) is 127 cm³/mol. The smallest absolute Gasteiger partial charge is 0.341 e. The molecule has 1 N–H and O–H groups in total. The first-order valence-electron chi connectivity index (χ1n) is 11.8. The highest BCUT2D eigenvalue weighted by atomic mass is 16.5. The monoisotopic (exact) mass is 437 g/mol. The van der Waals surface area contributed by atoms with Gasteiger partial charge in [-0.15, -0.1) is 0 Å². The highest BCUT2D eigenvalue weighted by molar-refractivity contribution is 6.01. The zero-order valence-corrected chi connectivity index (χ0v) is 19.5. The summed E-state index contributed by atoms with van der Waals surface area (Å²) in [5, 5.41) is 3.10. The number of carbonyl (C=O) groups excluding carboxylic acids is 2. The minimum Gasteiger partial charge on any atom is -0.493 e. The van der Waals surface area contributed by atoms with Crippen LogP contribution in [0, 0.1) is 6.92 Å². The number of unbranched alkanes of at least 4 members (excludes halogenated alkanes) is 1. The molecule has 2 aromatic carbocycles. The minimum atomic E-state index is -0.549. The van der Waals surface area contributed by atoms with Gasteiger partial charge in [-0.05, 0) is 56.9 Å². The van der Waals surface area contributed by atoms with Crippen molar-refractivity contribution in [2.75, 3.05) is 18.5 Å². The number of benzene rings is 2. The molecule has 0 heterocycles. The molecule has 5 heteroatoms.